The van der Waals surface area contributed by atoms with Gasteiger partial charge in [-0.25, -0.2) is 0 Å². The molecule has 4 aromatic rings. The van der Waals surface area contributed by atoms with Crippen molar-refractivity contribution in [3.05, 3.63) is 208 Å². The summed E-state index contributed by atoms with van der Waals surface area (Å²) >= 11 is 2.21. The van der Waals surface area contributed by atoms with Crippen LogP contribution in [0.3, 0.4) is 0 Å². The quantitative estimate of drug-likeness (QED) is 0.194. The number of benzene rings is 4. The van der Waals surface area contributed by atoms with Gasteiger partial charge in [-0.3, -0.25) is 0 Å². The number of fused-ring (bicyclic) bond motifs is 7. The van der Waals surface area contributed by atoms with E-state index in [0.29, 0.717) is 28.4 Å². The van der Waals surface area contributed by atoms with Gasteiger partial charge in [0.25, 0.3) is 0 Å². The van der Waals surface area contributed by atoms with Crippen LogP contribution < -0.4 is 4.90 Å². The predicted octanol–water partition coefficient (Wildman–Crippen LogP) is 13.2. The molecule has 0 aromatic heterocycles. The molecule has 55 heavy (non-hydrogen) atoms. The molecule has 2 heteroatoms. The highest BCUT2D eigenvalue weighted by atomic mass is 32.2. The van der Waals surface area contributed by atoms with Crippen molar-refractivity contribution in [1.82, 2.24) is 0 Å². The average Bonchev–Trinajstić information content (AvgIpc) is 3.83. The highest BCUT2D eigenvalue weighted by Gasteiger charge is 2.48. The summed E-state index contributed by atoms with van der Waals surface area (Å²) in [4.78, 5) is 2.46. The first kappa shape index (κ1) is 33.3. The van der Waals surface area contributed by atoms with Crippen molar-refractivity contribution >= 4 is 28.7 Å². The third-order valence-corrected chi connectivity index (χ3v) is 15.2. The van der Waals surface area contributed by atoms with E-state index >= 15 is 0 Å². The second-order valence-electron chi connectivity index (χ2n) is 16.9. The summed E-state index contributed by atoms with van der Waals surface area (Å²) < 4.78 is 0. The Bertz CT molecular complexity index is 2460. The summed E-state index contributed by atoms with van der Waals surface area (Å²) in [5.74, 6) is 1.01. The number of thioether (sulfide) groups is 1. The minimum atomic E-state index is 0.0803. The zero-order valence-electron chi connectivity index (χ0n) is 31.8. The number of anilines is 2. The lowest BCUT2D eigenvalue weighted by Crippen LogP contribution is -2.29. The van der Waals surface area contributed by atoms with E-state index in [-0.39, 0.29) is 5.41 Å². The van der Waals surface area contributed by atoms with E-state index in [9.17, 15) is 0 Å². The van der Waals surface area contributed by atoms with Gasteiger partial charge in [0.1, 0.15) is 0 Å². The Balaban J connectivity index is 0.920. The number of rotatable bonds is 6. The van der Waals surface area contributed by atoms with E-state index in [2.05, 4.69) is 188 Å². The van der Waals surface area contributed by atoms with Crippen molar-refractivity contribution in [2.45, 2.75) is 67.9 Å². The molecule has 1 aliphatic heterocycles. The fraction of sp³-hybridized carbons (Fsp3) is 0.245. The zero-order valence-corrected chi connectivity index (χ0v) is 32.6. The summed E-state index contributed by atoms with van der Waals surface area (Å²) in [6, 6.07) is 39.1. The SMILES string of the molecule is CC1(C)C2=C(C3=C(CC2)C(Cc2ccc(-c4ccc(N(c5ccccc5)C5C=CC=CC5)cc4)cc2)C2=C3C=C3C(C2)SC2C=CC=CC32)c2ccccc21. The van der Waals surface area contributed by atoms with Gasteiger partial charge in [0, 0.05) is 39.1 Å². The van der Waals surface area contributed by atoms with Crippen molar-refractivity contribution in [3.8, 4) is 11.1 Å². The molecule has 0 saturated carbocycles. The lowest BCUT2D eigenvalue weighted by atomic mass is 9.74. The summed E-state index contributed by atoms with van der Waals surface area (Å²) in [5, 5.41) is 1.16. The van der Waals surface area contributed by atoms with Crippen molar-refractivity contribution in [3.63, 3.8) is 0 Å². The molecule has 11 rings (SSSR count). The summed E-state index contributed by atoms with van der Waals surface area (Å²) in [7, 11) is 0. The molecule has 1 heterocycles. The van der Waals surface area contributed by atoms with Gasteiger partial charge in [0.2, 0.25) is 0 Å². The van der Waals surface area contributed by atoms with E-state index < -0.39 is 0 Å². The molecular formula is C53H47NS. The number of allylic oxidation sites excluding steroid dienone is 12. The maximum Gasteiger partial charge on any atom is 0.0559 e. The summed E-state index contributed by atoms with van der Waals surface area (Å²) in [5.41, 5.74) is 21.0. The van der Waals surface area contributed by atoms with Gasteiger partial charge >= 0.3 is 0 Å². The van der Waals surface area contributed by atoms with Gasteiger partial charge in [-0.2, -0.15) is 0 Å². The highest BCUT2D eigenvalue weighted by Crippen LogP contribution is 2.62. The molecule has 4 aromatic carbocycles. The van der Waals surface area contributed by atoms with E-state index in [1.54, 1.807) is 39.0 Å². The topological polar surface area (TPSA) is 3.24 Å². The molecule has 7 aliphatic rings. The maximum absolute atomic E-state index is 2.69. The molecule has 6 aliphatic carbocycles. The molecule has 0 N–H and O–H groups in total. The Morgan fingerprint density at radius 1 is 0.691 bits per heavy atom. The monoisotopic (exact) mass is 729 g/mol. The first-order valence-electron chi connectivity index (χ1n) is 20.4. The summed E-state index contributed by atoms with van der Waals surface area (Å²) in [6.07, 6.45) is 26.7. The van der Waals surface area contributed by atoms with E-state index in [4.69, 9.17) is 0 Å². The second kappa shape index (κ2) is 13.0. The second-order valence-corrected chi connectivity index (χ2v) is 18.3. The van der Waals surface area contributed by atoms with Crippen LogP contribution in [-0.4, -0.2) is 16.5 Å². The molecule has 1 fully saturated rings. The molecule has 0 bridgehead atoms. The number of nitrogens with zero attached hydrogens (tertiary/aromatic N) is 1. The van der Waals surface area contributed by atoms with Gasteiger partial charge in [-0.1, -0.05) is 164 Å². The minimum Gasteiger partial charge on any atom is -0.334 e. The van der Waals surface area contributed by atoms with Gasteiger partial charge in [0.05, 0.1) is 6.04 Å². The zero-order chi connectivity index (χ0) is 36.7. The van der Waals surface area contributed by atoms with Crippen LogP contribution in [0.4, 0.5) is 11.4 Å². The van der Waals surface area contributed by atoms with Gasteiger partial charge in [-0.15, -0.1) is 11.8 Å². The van der Waals surface area contributed by atoms with Crippen LogP contribution in [0.25, 0.3) is 16.7 Å². The molecule has 5 atom stereocenters. The minimum absolute atomic E-state index is 0.0803. The smallest absolute Gasteiger partial charge is 0.0559 e. The third kappa shape index (κ3) is 5.35. The van der Waals surface area contributed by atoms with Gasteiger partial charge < -0.3 is 4.90 Å². The van der Waals surface area contributed by atoms with Crippen molar-refractivity contribution < 1.29 is 0 Å². The maximum atomic E-state index is 2.69. The Morgan fingerprint density at radius 2 is 1.42 bits per heavy atom. The third-order valence-electron chi connectivity index (χ3n) is 13.7. The number of para-hydroxylation sites is 1. The lowest BCUT2D eigenvalue weighted by Gasteiger charge is -2.32. The predicted molar refractivity (Wildman–Crippen MR) is 234 cm³/mol. The molecule has 270 valence electrons. The van der Waals surface area contributed by atoms with Gasteiger partial charge in [-0.05, 0) is 106 Å². The first-order valence-corrected chi connectivity index (χ1v) is 21.4. The molecule has 1 saturated heterocycles. The fourth-order valence-corrected chi connectivity index (χ4v) is 12.7. The largest absolute Gasteiger partial charge is 0.334 e. The molecule has 1 nitrogen and oxygen atoms in total. The van der Waals surface area contributed by atoms with Crippen LogP contribution in [-0.2, 0) is 11.8 Å². The standard InChI is InChI=1S/C53H47NS/c1-53(2)47-19-11-9-18-42(47)52-48(53)30-29-41-43(44-33-50-45(32-46(44)51(41)52)40-17-10-12-20-49(40)55-50)31-34-21-23-35(24-22-34)36-25-27-39(28-26-36)54(37-13-5-3-6-14-37)38-15-7-4-8-16-38/h3-15,17-28,32,38,40,43,49-50H,16,29-31,33H2,1-2H3. The van der Waals surface area contributed by atoms with Crippen molar-refractivity contribution in [1.29, 1.82) is 0 Å². The first-order chi connectivity index (χ1) is 27.0. The van der Waals surface area contributed by atoms with Crippen molar-refractivity contribution in [2.75, 3.05) is 4.90 Å². The molecule has 0 spiro atoms. The molecule has 0 amide bonds. The Labute approximate surface area is 331 Å². The lowest BCUT2D eigenvalue weighted by molar-refractivity contribution is 0.583. The summed E-state index contributed by atoms with van der Waals surface area (Å²) in [6.45, 7) is 4.93. The van der Waals surface area contributed by atoms with E-state index in [1.807, 2.05) is 0 Å². The molecular weight excluding hydrogens is 683 g/mol. The highest BCUT2D eigenvalue weighted by molar-refractivity contribution is 8.01. The average molecular weight is 730 g/mol. The van der Waals surface area contributed by atoms with Crippen molar-refractivity contribution in [2.24, 2.45) is 11.8 Å². The molecule has 5 unspecified atom stereocenters. The Kier molecular flexibility index (Phi) is 7.89. The Morgan fingerprint density at radius 3 is 2.22 bits per heavy atom. The van der Waals surface area contributed by atoms with E-state index in [1.165, 1.54) is 58.5 Å². The molecule has 0 radical (unpaired) electrons. The van der Waals surface area contributed by atoms with E-state index in [0.717, 1.165) is 12.8 Å². The van der Waals surface area contributed by atoms with Crippen LogP contribution in [0, 0.1) is 11.8 Å². The van der Waals surface area contributed by atoms with Crippen LogP contribution in [0.1, 0.15) is 56.2 Å². The fourth-order valence-electron chi connectivity index (χ4n) is 11.0. The normalized spacial score (nSPS) is 26.4. The van der Waals surface area contributed by atoms with Crippen LogP contribution in [0.15, 0.2) is 191 Å². The Hall–Kier alpha value is -5.05. The van der Waals surface area contributed by atoms with Gasteiger partial charge in [0.15, 0.2) is 0 Å². The number of hydrogen-bond acceptors (Lipinski definition) is 2. The number of hydrogen-bond donors (Lipinski definition) is 0. The van der Waals surface area contributed by atoms with Crippen LogP contribution >= 0.6 is 11.8 Å². The van der Waals surface area contributed by atoms with Crippen LogP contribution in [0.5, 0.6) is 0 Å². The van der Waals surface area contributed by atoms with Crippen LogP contribution in [0.2, 0.25) is 0 Å².